The van der Waals surface area contributed by atoms with E-state index in [0.29, 0.717) is 29.9 Å². The number of carbonyl (C=O) groups is 4. The average Bonchev–Trinajstić information content (AvgIpc) is 3.39. The summed E-state index contributed by atoms with van der Waals surface area (Å²) < 4.78 is 5.19. The number of nitrogens with one attached hydrogen (secondary N) is 3. The quantitative estimate of drug-likeness (QED) is 0.397. The molecule has 1 saturated carbocycles. The molecule has 35 heavy (non-hydrogen) atoms. The molecule has 1 aliphatic heterocycles. The highest BCUT2D eigenvalue weighted by atomic mass is 16.5. The summed E-state index contributed by atoms with van der Waals surface area (Å²) in [5.41, 5.74) is 0.00624. The first-order valence-electron chi connectivity index (χ1n) is 11.8. The monoisotopic (exact) mass is 485 g/mol. The highest BCUT2D eigenvalue weighted by Gasteiger charge is 2.54. The van der Waals surface area contributed by atoms with E-state index >= 15 is 0 Å². The Morgan fingerprint density at radius 1 is 1.26 bits per heavy atom. The topological polar surface area (TPSA) is 159 Å². The van der Waals surface area contributed by atoms with Crippen molar-refractivity contribution < 1.29 is 23.9 Å². The number of nitrogens with zero attached hydrogens (tertiary/aromatic N) is 4. The molecule has 0 aromatic carbocycles. The lowest BCUT2D eigenvalue weighted by Crippen LogP contribution is -2.51. The molecule has 2 fully saturated rings. The number of carbonyl (C=O) groups excluding carboxylic acids is 4. The van der Waals surface area contributed by atoms with Crippen LogP contribution in [-0.4, -0.2) is 66.8 Å². The van der Waals surface area contributed by atoms with Crippen molar-refractivity contribution in [2.24, 2.45) is 11.3 Å². The number of hydrogen-bond acceptors (Lipinski definition) is 8. The predicted molar refractivity (Wildman–Crippen MR) is 125 cm³/mol. The Balaban J connectivity index is 1.33. The molecule has 1 spiro atoms. The molecular formula is C23H31N7O5. The van der Waals surface area contributed by atoms with E-state index in [4.69, 9.17) is 4.74 Å². The zero-order valence-electron chi connectivity index (χ0n) is 20.4. The number of esters is 1. The smallest absolute Gasteiger partial charge is 0.327 e. The van der Waals surface area contributed by atoms with Crippen LogP contribution in [0.3, 0.4) is 0 Å². The third-order valence-corrected chi connectivity index (χ3v) is 7.53. The van der Waals surface area contributed by atoms with E-state index in [9.17, 15) is 19.2 Å². The van der Waals surface area contributed by atoms with E-state index in [2.05, 4.69) is 51.3 Å². The first-order valence-corrected chi connectivity index (χ1v) is 11.8. The number of rotatable bonds is 7. The fourth-order valence-electron chi connectivity index (χ4n) is 4.83. The van der Waals surface area contributed by atoms with Gasteiger partial charge in [-0.25, -0.2) is 19.7 Å². The summed E-state index contributed by atoms with van der Waals surface area (Å²) >= 11 is 0. The Morgan fingerprint density at radius 3 is 2.66 bits per heavy atom. The van der Waals surface area contributed by atoms with Gasteiger partial charge in [-0.3, -0.25) is 19.3 Å². The second kappa shape index (κ2) is 9.23. The van der Waals surface area contributed by atoms with E-state index in [-0.39, 0.29) is 11.2 Å². The molecule has 1 atom stereocenters. The van der Waals surface area contributed by atoms with E-state index < -0.39 is 42.0 Å². The molecule has 1 unspecified atom stereocenters. The molecule has 1 saturated heterocycles. The first-order chi connectivity index (χ1) is 16.6. The first kappa shape index (κ1) is 24.6. The van der Waals surface area contributed by atoms with Crippen molar-refractivity contribution in [1.29, 1.82) is 0 Å². The van der Waals surface area contributed by atoms with E-state index in [1.807, 2.05) is 0 Å². The van der Waals surface area contributed by atoms with Gasteiger partial charge in [0, 0.05) is 0 Å². The molecule has 2 aromatic rings. The molecule has 4 rings (SSSR count). The van der Waals surface area contributed by atoms with E-state index in [0.717, 1.165) is 24.2 Å². The number of hydrogen-bond donors (Lipinski definition) is 3. The maximum atomic E-state index is 13.1. The molecule has 3 N–H and O–H groups in total. The molecule has 1 aliphatic carbocycles. The molecular weight excluding hydrogens is 454 g/mol. The van der Waals surface area contributed by atoms with Crippen molar-refractivity contribution in [2.75, 3.05) is 11.9 Å². The van der Waals surface area contributed by atoms with Crippen LogP contribution in [0.25, 0.3) is 11.2 Å². The maximum Gasteiger partial charge on any atom is 0.327 e. The predicted octanol–water partition coefficient (Wildman–Crippen LogP) is 2.14. The highest BCUT2D eigenvalue weighted by Crippen LogP contribution is 2.45. The Labute approximate surface area is 202 Å². The number of fused-ring (bicyclic) bond motifs is 1. The lowest BCUT2D eigenvalue weighted by Gasteiger charge is -2.42. The van der Waals surface area contributed by atoms with E-state index in [1.54, 1.807) is 0 Å². The van der Waals surface area contributed by atoms with Gasteiger partial charge in [0.25, 0.3) is 11.8 Å². The fraction of sp³-hybridized carbons (Fsp3) is 0.609. The molecule has 4 amide bonds. The van der Waals surface area contributed by atoms with Gasteiger partial charge in [-0.1, -0.05) is 27.2 Å². The van der Waals surface area contributed by atoms with Gasteiger partial charge in [-0.05, 0) is 43.9 Å². The van der Waals surface area contributed by atoms with Crippen LogP contribution in [0.4, 0.5) is 10.6 Å². The minimum atomic E-state index is -1.18. The molecule has 12 heteroatoms. The summed E-state index contributed by atoms with van der Waals surface area (Å²) in [5.74, 6) is -1.23. The molecule has 12 nitrogen and oxygen atoms in total. The molecule has 2 aliphatic rings. The van der Waals surface area contributed by atoms with Crippen molar-refractivity contribution in [2.45, 2.75) is 71.4 Å². The van der Waals surface area contributed by atoms with Crippen LogP contribution in [0.1, 0.15) is 59.8 Å². The Bertz CT molecular complexity index is 1150. The summed E-state index contributed by atoms with van der Waals surface area (Å²) in [6, 6.07) is -0.611. The standard InChI is InChI=1S/C23H31N7O5/c1-5-22(3,4)14-6-8-23(9-7-14)20(33)30(21(34)29-23)10-15(31)35-13(2)19(32)28-18-16-17(25-11-24-16)26-12-27-18/h11-14H,5-10H2,1-4H3,(H,29,34)(H2,24,25,26,27,28,32). The van der Waals surface area contributed by atoms with Crippen molar-refractivity contribution in [3.8, 4) is 0 Å². The largest absolute Gasteiger partial charge is 0.451 e. The van der Waals surface area contributed by atoms with Crippen LogP contribution in [0.15, 0.2) is 12.7 Å². The van der Waals surface area contributed by atoms with Crippen molar-refractivity contribution in [3.05, 3.63) is 12.7 Å². The third kappa shape index (κ3) is 4.69. The Hall–Kier alpha value is -3.57. The normalized spacial score (nSPS) is 23.4. The van der Waals surface area contributed by atoms with Crippen LogP contribution >= 0.6 is 0 Å². The summed E-state index contributed by atoms with van der Waals surface area (Å²) in [6.07, 6.45) is 5.26. The minimum absolute atomic E-state index is 0.169. The van der Waals surface area contributed by atoms with Gasteiger partial charge in [0.15, 0.2) is 17.6 Å². The third-order valence-electron chi connectivity index (χ3n) is 7.53. The van der Waals surface area contributed by atoms with Crippen LogP contribution in [0, 0.1) is 11.3 Å². The van der Waals surface area contributed by atoms with Gasteiger partial charge >= 0.3 is 12.0 Å². The summed E-state index contributed by atoms with van der Waals surface area (Å²) in [5, 5.41) is 5.37. The SMILES string of the molecule is CCC(C)(C)C1CCC2(CC1)NC(=O)N(CC(=O)OC(C)C(=O)Nc1ncnc3nc[nH]c13)C2=O. The average molecular weight is 486 g/mol. The highest BCUT2D eigenvalue weighted by molar-refractivity contribution is 6.09. The molecule has 0 bridgehead atoms. The van der Waals surface area contributed by atoms with Crippen molar-refractivity contribution >= 4 is 40.8 Å². The number of H-pyrrole nitrogens is 1. The molecule has 2 aromatic heterocycles. The van der Waals surface area contributed by atoms with Gasteiger partial charge in [0.05, 0.1) is 6.33 Å². The van der Waals surface area contributed by atoms with Crippen molar-refractivity contribution in [3.63, 3.8) is 0 Å². The van der Waals surface area contributed by atoms with Crippen LogP contribution < -0.4 is 10.6 Å². The fourth-order valence-corrected chi connectivity index (χ4v) is 4.83. The Morgan fingerprint density at radius 2 is 1.97 bits per heavy atom. The number of urea groups is 1. The lowest BCUT2D eigenvalue weighted by molar-refractivity contribution is -0.155. The maximum absolute atomic E-state index is 13.1. The van der Waals surface area contributed by atoms with Crippen molar-refractivity contribution in [1.82, 2.24) is 30.2 Å². The number of imide groups is 1. The van der Waals surface area contributed by atoms with Gasteiger partial charge in [-0.15, -0.1) is 0 Å². The van der Waals surface area contributed by atoms with Gasteiger partial charge in [0.1, 0.15) is 23.9 Å². The second-order valence-corrected chi connectivity index (χ2v) is 9.96. The minimum Gasteiger partial charge on any atom is -0.451 e. The number of aromatic amines is 1. The van der Waals surface area contributed by atoms with Gasteiger partial charge < -0.3 is 20.4 Å². The molecule has 3 heterocycles. The van der Waals surface area contributed by atoms with Gasteiger partial charge in [-0.2, -0.15) is 0 Å². The summed E-state index contributed by atoms with van der Waals surface area (Å²) in [7, 11) is 0. The van der Waals surface area contributed by atoms with E-state index in [1.165, 1.54) is 19.6 Å². The Kier molecular flexibility index (Phi) is 6.48. The number of amides is 4. The van der Waals surface area contributed by atoms with Gasteiger partial charge in [0.2, 0.25) is 0 Å². The number of anilines is 1. The molecule has 0 radical (unpaired) electrons. The second-order valence-electron chi connectivity index (χ2n) is 9.96. The lowest BCUT2D eigenvalue weighted by atomic mass is 9.65. The zero-order chi connectivity index (χ0) is 25.4. The summed E-state index contributed by atoms with van der Waals surface area (Å²) in [4.78, 5) is 66.4. The van der Waals surface area contributed by atoms with Crippen LogP contribution in [0.5, 0.6) is 0 Å². The summed E-state index contributed by atoms with van der Waals surface area (Å²) in [6.45, 7) is 7.45. The van der Waals surface area contributed by atoms with Crippen LogP contribution in [-0.2, 0) is 19.1 Å². The van der Waals surface area contributed by atoms with Crippen LogP contribution in [0.2, 0.25) is 0 Å². The zero-order valence-corrected chi connectivity index (χ0v) is 20.4. The molecule has 188 valence electrons. The number of aromatic nitrogens is 4. The number of imidazole rings is 1. The number of ether oxygens (including phenoxy) is 1.